The Morgan fingerprint density at radius 1 is 1.38 bits per heavy atom. The molecule has 0 fully saturated rings. The average molecular weight is 185 g/mol. The first-order valence-electron chi connectivity index (χ1n) is 5.05. The van der Waals surface area contributed by atoms with Crippen LogP contribution in [0.2, 0.25) is 0 Å². The van der Waals surface area contributed by atoms with Gasteiger partial charge in [0.1, 0.15) is 0 Å². The minimum atomic E-state index is -0.223. The smallest absolute Gasteiger partial charge is 0.227 e. The molecule has 0 unspecified atom stereocenters. The van der Waals surface area contributed by atoms with E-state index in [4.69, 9.17) is 0 Å². The lowest BCUT2D eigenvalue weighted by Gasteiger charge is -2.32. The Morgan fingerprint density at radius 2 is 1.85 bits per heavy atom. The molecule has 0 aliphatic rings. The molecule has 0 aliphatic heterocycles. The minimum absolute atomic E-state index is 0.223. The van der Waals surface area contributed by atoms with Gasteiger partial charge in [-0.3, -0.25) is 4.79 Å². The largest absolute Gasteiger partial charge is 0.348 e. The molecule has 78 valence electrons. The van der Waals surface area contributed by atoms with E-state index < -0.39 is 0 Å². The Balaban J connectivity index is 4.45. The van der Waals surface area contributed by atoms with Crippen LogP contribution in [0.25, 0.3) is 0 Å². The van der Waals surface area contributed by atoms with E-state index in [1.54, 1.807) is 4.90 Å². The molecular formula is C11H23NO. The standard InChI is InChI=1S/C11H23NO/c1-7-8-9(2)11(3,4)10(13)12(5)6/h9H,7-8H2,1-6H3/t9-/m0/s1. The lowest BCUT2D eigenvalue weighted by Crippen LogP contribution is -2.40. The quantitative estimate of drug-likeness (QED) is 0.659. The second-order valence-electron chi connectivity index (χ2n) is 4.61. The molecule has 0 bridgehead atoms. The van der Waals surface area contributed by atoms with E-state index >= 15 is 0 Å². The monoisotopic (exact) mass is 185 g/mol. The van der Waals surface area contributed by atoms with Crippen LogP contribution in [0.15, 0.2) is 0 Å². The van der Waals surface area contributed by atoms with Crippen LogP contribution in [0, 0.1) is 11.3 Å². The minimum Gasteiger partial charge on any atom is -0.348 e. The molecule has 1 amide bonds. The van der Waals surface area contributed by atoms with Crippen molar-refractivity contribution >= 4 is 5.91 Å². The summed E-state index contributed by atoms with van der Waals surface area (Å²) in [6.45, 7) is 8.39. The van der Waals surface area contributed by atoms with Gasteiger partial charge in [-0.2, -0.15) is 0 Å². The lowest BCUT2D eigenvalue weighted by atomic mass is 9.76. The Bertz CT molecular complexity index is 173. The SMILES string of the molecule is CCC[C@H](C)C(C)(C)C(=O)N(C)C. The lowest BCUT2D eigenvalue weighted by molar-refractivity contribution is -0.140. The van der Waals surface area contributed by atoms with Gasteiger partial charge in [0, 0.05) is 19.5 Å². The van der Waals surface area contributed by atoms with Gasteiger partial charge in [-0.25, -0.2) is 0 Å². The maximum atomic E-state index is 11.8. The molecule has 0 spiro atoms. The van der Waals surface area contributed by atoms with E-state index in [2.05, 4.69) is 13.8 Å². The Hall–Kier alpha value is -0.530. The molecule has 2 nitrogen and oxygen atoms in total. The van der Waals surface area contributed by atoms with E-state index in [-0.39, 0.29) is 11.3 Å². The number of carbonyl (C=O) groups excluding carboxylic acids is 1. The van der Waals surface area contributed by atoms with Crippen LogP contribution in [-0.4, -0.2) is 24.9 Å². The molecule has 0 heterocycles. The summed E-state index contributed by atoms with van der Waals surface area (Å²) in [5.74, 6) is 0.681. The third kappa shape index (κ3) is 3.02. The molecule has 0 rings (SSSR count). The van der Waals surface area contributed by atoms with Crippen LogP contribution in [0.5, 0.6) is 0 Å². The van der Waals surface area contributed by atoms with E-state index in [0.29, 0.717) is 5.92 Å². The second-order valence-corrected chi connectivity index (χ2v) is 4.61. The van der Waals surface area contributed by atoms with Crippen LogP contribution in [-0.2, 0) is 4.79 Å². The van der Waals surface area contributed by atoms with Gasteiger partial charge in [0.15, 0.2) is 0 Å². The van der Waals surface area contributed by atoms with Gasteiger partial charge in [0.05, 0.1) is 0 Å². The van der Waals surface area contributed by atoms with Gasteiger partial charge in [0.25, 0.3) is 0 Å². The Kier molecular flexibility index (Phi) is 4.45. The van der Waals surface area contributed by atoms with Gasteiger partial charge in [0.2, 0.25) is 5.91 Å². The summed E-state index contributed by atoms with van der Waals surface area (Å²) in [4.78, 5) is 13.5. The summed E-state index contributed by atoms with van der Waals surface area (Å²) in [5, 5.41) is 0. The Labute approximate surface area is 82.3 Å². The van der Waals surface area contributed by atoms with Crippen molar-refractivity contribution in [3.63, 3.8) is 0 Å². The van der Waals surface area contributed by atoms with Crippen molar-refractivity contribution in [1.82, 2.24) is 4.90 Å². The molecule has 0 aromatic carbocycles. The number of hydrogen-bond acceptors (Lipinski definition) is 1. The van der Waals surface area contributed by atoms with Crippen molar-refractivity contribution in [3.8, 4) is 0 Å². The normalized spacial score (nSPS) is 14.0. The molecule has 1 atom stereocenters. The molecular weight excluding hydrogens is 162 g/mol. The van der Waals surface area contributed by atoms with Crippen LogP contribution < -0.4 is 0 Å². The Morgan fingerprint density at radius 3 is 2.15 bits per heavy atom. The molecule has 0 aromatic rings. The van der Waals surface area contributed by atoms with Crippen molar-refractivity contribution in [2.75, 3.05) is 14.1 Å². The fraction of sp³-hybridized carbons (Fsp3) is 0.909. The van der Waals surface area contributed by atoms with Crippen molar-refractivity contribution < 1.29 is 4.79 Å². The predicted octanol–water partition coefficient (Wildman–Crippen LogP) is 2.54. The number of carbonyl (C=O) groups is 1. The van der Waals surface area contributed by atoms with Crippen LogP contribution in [0.4, 0.5) is 0 Å². The van der Waals surface area contributed by atoms with Gasteiger partial charge >= 0.3 is 0 Å². The third-order valence-corrected chi connectivity index (χ3v) is 2.91. The predicted molar refractivity (Wildman–Crippen MR) is 56.5 cm³/mol. The van der Waals surface area contributed by atoms with Crippen LogP contribution in [0.1, 0.15) is 40.5 Å². The highest BCUT2D eigenvalue weighted by atomic mass is 16.2. The summed E-state index contributed by atoms with van der Waals surface area (Å²) >= 11 is 0. The molecule has 2 heteroatoms. The molecule has 0 N–H and O–H groups in total. The molecule has 0 aliphatic carbocycles. The van der Waals surface area contributed by atoms with Gasteiger partial charge < -0.3 is 4.90 Å². The summed E-state index contributed by atoms with van der Waals surface area (Å²) in [6, 6.07) is 0. The van der Waals surface area contributed by atoms with E-state index in [0.717, 1.165) is 12.8 Å². The first-order chi connectivity index (χ1) is 5.84. The number of rotatable bonds is 4. The van der Waals surface area contributed by atoms with E-state index in [9.17, 15) is 4.79 Å². The fourth-order valence-corrected chi connectivity index (χ4v) is 1.58. The highest BCUT2D eigenvalue weighted by Crippen LogP contribution is 2.31. The summed E-state index contributed by atoms with van der Waals surface area (Å²) in [6.07, 6.45) is 2.26. The van der Waals surface area contributed by atoms with Gasteiger partial charge in [-0.15, -0.1) is 0 Å². The molecule has 13 heavy (non-hydrogen) atoms. The van der Waals surface area contributed by atoms with Crippen molar-refractivity contribution in [3.05, 3.63) is 0 Å². The first-order valence-corrected chi connectivity index (χ1v) is 5.05. The highest BCUT2D eigenvalue weighted by molar-refractivity contribution is 5.81. The first kappa shape index (κ1) is 12.5. The van der Waals surface area contributed by atoms with Crippen LogP contribution >= 0.6 is 0 Å². The zero-order chi connectivity index (χ0) is 10.6. The van der Waals surface area contributed by atoms with E-state index in [1.807, 2.05) is 27.9 Å². The fourth-order valence-electron chi connectivity index (χ4n) is 1.58. The number of amides is 1. The third-order valence-electron chi connectivity index (χ3n) is 2.91. The molecule has 0 radical (unpaired) electrons. The summed E-state index contributed by atoms with van der Waals surface area (Å²) < 4.78 is 0. The van der Waals surface area contributed by atoms with Crippen LogP contribution in [0.3, 0.4) is 0 Å². The number of nitrogens with zero attached hydrogens (tertiary/aromatic N) is 1. The topological polar surface area (TPSA) is 20.3 Å². The number of hydrogen-bond donors (Lipinski definition) is 0. The van der Waals surface area contributed by atoms with Gasteiger partial charge in [-0.1, -0.05) is 34.1 Å². The molecule has 0 saturated carbocycles. The maximum absolute atomic E-state index is 11.8. The average Bonchev–Trinajstić information content (AvgIpc) is 2.03. The summed E-state index contributed by atoms with van der Waals surface area (Å²) in [7, 11) is 3.64. The van der Waals surface area contributed by atoms with Crippen molar-refractivity contribution in [1.29, 1.82) is 0 Å². The van der Waals surface area contributed by atoms with Crippen molar-refractivity contribution in [2.24, 2.45) is 11.3 Å². The zero-order valence-electron chi connectivity index (χ0n) is 9.85. The highest BCUT2D eigenvalue weighted by Gasteiger charge is 2.34. The zero-order valence-corrected chi connectivity index (χ0v) is 9.85. The van der Waals surface area contributed by atoms with Crippen molar-refractivity contribution in [2.45, 2.75) is 40.5 Å². The van der Waals surface area contributed by atoms with E-state index in [1.165, 1.54) is 0 Å². The van der Waals surface area contributed by atoms with Gasteiger partial charge in [-0.05, 0) is 12.3 Å². The second kappa shape index (κ2) is 4.64. The molecule has 0 aromatic heterocycles. The summed E-state index contributed by atoms with van der Waals surface area (Å²) in [5.41, 5.74) is -0.223. The molecule has 0 saturated heterocycles. The maximum Gasteiger partial charge on any atom is 0.227 e.